The van der Waals surface area contributed by atoms with Crippen LogP contribution in [0.5, 0.6) is 23.0 Å². The molecule has 0 amide bonds. The molecule has 2 heterocycles. The number of aromatic nitrogens is 4. The number of aliphatic hydroxyl groups is 1. The van der Waals surface area contributed by atoms with Crippen molar-refractivity contribution in [2.75, 3.05) is 22.1 Å². The van der Waals surface area contributed by atoms with Crippen LogP contribution in [0.2, 0.25) is 10.0 Å². The molecule has 2 aliphatic carbocycles. The molecule has 0 bridgehead atoms. The van der Waals surface area contributed by atoms with Crippen LogP contribution in [0.3, 0.4) is 0 Å². The molecular weight excluding hydrogens is 631 g/mol. The lowest BCUT2D eigenvalue weighted by molar-refractivity contribution is -0.120. The molecule has 7 N–H and O–H groups in total. The highest BCUT2D eigenvalue weighted by molar-refractivity contribution is 6.30. The fourth-order valence-electron chi connectivity index (χ4n) is 5.18. The SMILES string of the molecule is Nc1ncc(Oc2ccc(Cl)cc2)c(NC2CCCC(=O)C2)n1.Nc1ncc(Oc2ccc(Cl)cc2)c(NC2CCCCC2O)n1. The van der Waals surface area contributed by atoms with Gasteiger partial charge in [0.15, 0.2) is 23.1 Å². The lowest BCUT2D eigenvalue weighted by atomic mass is 9.92. The van der Waals surface area contributed by atoms with Crippen molar-refractivity contribution < 1.29 is 19.4 Å². The Morgan fingerprint density at radius 2 is 1.26 bits per heavy atom. The van der Waals surface area contributed by atoms with Gasteiger partial charge in [0, 0.05) is 28.9 Å². The minimum atomic E-state index is -0.400. The summed E-state index contributed by atoms with van der Waals surface area (Å²) in [7, 11) is 0. The number of halogens is 2. The van der Waals surface area contributed by atoms with E-state index in [0.717, 1.165) is 38.5 Å². The van der Waals surface area contributed by atoms with Gasteiger partial charge in [0.05, 0.1) is 24.5 Å². The van der Waals surface area contributed by atoms with Gasteiger partial charge in [0.1, 0.15) is 17.3 Å². The zero-order chi connectivity index (χ0) is 32.5. The molecule has 12 nitrogen and oxygen atoms in total. The maximum absolute atomic E-state index is 11.6. The number of nitrogen functional groups attached to an aromatic ring is 2. The first-order valence-electron chi connectivity index (χ1n) is 15.1. The lowest BCUT2D eigenvalue weighted by Crippen LogP contribution is -2.36. The number of Topliss-reactive ketones (excluding diaryl/α,β-unsaturated/α-hetero) is 1. The molecule has 2 aromatic carbocycles. The topological polar surface area (TPSA) is 183 Å². The highest BCUT2D eigenvalue weighted by Gasteiger charge is 2.25. The van der Waals surface area contributed by atoms with E-state index in [-0.39, 0.29) is 29.8 Å². The molecule has 0 spiro atoms. The van der Waals surface area contributed by atoms with Crippen molar-refractivity contribution in [3.05, 3.63) is 71.0 Å². The normalized spacial score (nSPS) is 19.4. The first kappa shape index (κ1) is 33.0. The largest absolute Gasteiger partial charge is 0.452 e. The van der Waals surface area contributed by atoms with Gasteiger partial charge < -0.3 is 36.7 Å². The number of nitrogens with zero attached hydrogens (tertiary/aromatic N) is 4. The Hall–Kier alpha value is -4.39. The van der Waals surface area contributed by atoms with Crippen LogP contribution in [0.15, 0.2) is 60.9 Å². The number of hydrogen-bond acceptors (Lipinski definition) is 12. The highest BCUT2D eigenvalue weighted by Crippen LogP contribution is 2.32. The van der Waals surface area contributed by atoms with Crippen molar-refractivity contribution in [3.63, 3.8) is 0 Å². The molecule has 14 heteroatoms. The van der Waals surface area contributed by atoms with Gasteiger partial charge in [-0.3, -0.25) is 4.79 Å². The number of anilines is 4. The van der Waals surface area contributed by atoms with E-state index in [1.54, 1.807) is 48.5 Å². The van der Waals surface area contributed by atoms with Crippen molar-refractivity contribution in [1.29, 1.82) is 0 Å². The number of nitrogens with one attached hydrogen (secondary N) is 2. The van der Waals surface area contributed by atoms with E-state index in [0.29, 0.717) is 57.5 Å². The summed E-state index contributed by atoms with van der Waals surface area (Å²) in [5, 5.41) is 17.9. The second-order valence-corrected chi connectivity index (χ2v) is 11.9. The standard InChI is InChI=1S/C16H17ClN4O2.C16H19ClN4O2/c17-10-4-6-13(7-5-10)23-14-9-19-16(18)21-15(14)20-11-2-1-3-12(22)8-11;17-10-5-7-11(8-6-10)23-14-9-19-16(18)21-15(14)20-12-3-1-2-4-13(12)22/h4-7,9,11H,1-3,8H2,(H3,18,19,20,21);5-9,12-13,22H,1-4H2,(H3,18,19,20,21). The molecule has 0 radical (unpaired) electrons. The van der Waals surface area contributed by atoms with E-state index in [4.69, 9.17) is 44.1 Å². The van der Waals surface area contributed by atoms with Gasteiger partial charge in [-0.25, -0.2) is 9.97 Å². The Morgan fingerprint density at radius 1 is 0.739 bits per heavy atom. The minimum absolute atomic E-state index is 0.0399. The molecule has 4 aromatic rings. The number of rotatable bonds is 8. The van der Waals surface area contributed by atoms with Crippen molar-refractivity contribution in [2.24, 2.45) is 0 Å². The Kier molecular flexibility index (Phi) is 11.3. The predicted molar refractivity (Wildman–Crippen MR) is 179 cm³/mol. The fraction of sp³-hybridized carbons (Fsp3) is 0.344. The van der Waals surface area contributed by atoms with Crippen LogP contribution in [0.25, 0.3) is 0 Å². The molecule has 3 unspecified atom stereocenters. The zero-order valence-corrected chi connectivity index (χ0v) is 26.5. The summed E-state index contributed by atoms with van der Waals surface area (Å²) in [6.45, 7) is 0. The maximum atomic E-state index is 11.6. The number of aliphatic hydroxyl groups excluding tert-OH is 1. The fourth-order valence-corrected chi connectivity index (χ4v) is 5.43. The van der Waals surface area contributed by atoms with E-state index in [1.807, 2.05) is 0 Å². The van der Waals surface area contributed by atoms with Gasteiger partial charge in [0.2, 0.25) is 11.9 Å². The van der Waals surface area contributed by atoms with Crippen molar-refractivity contribution >= 4 is 52.5 Å². The first-order valence-corrected chi connectivity index (χ1v) is 15.8. The van der Waals surface area contributed by atoms with Gasteiger partial charge >= 0.3 is 0 Å². The third-order valence-electron chi connectivity index (χ3n) is 7.51. The summed E-state index contributed by atoms with van der Waals surface area (Å²) in [6, 6.07) is 14.0. The number of nitrogens with two attached hydrogens (primary N) is 2. The minimum Gasteiger partial charge on any atom is -0.452 e. The van der Waals surface area contributed by atoms with Crippen molar-refractivity contribution in [3.8, 4) is 23.0 Å². The molecule has 2 saturated carbocycles. The van der Waals surface area contributed by atoms with Crippen molar-refractivity contribution in [2.45, 2.75) is 69.6 Å². The molecule has 2 aliphatic rings. The second kappa shape index (κ2) is 15.7. The number of carbonyl (C=O) groups excluding carboxylic acids is 1. The summed E-state index contributed by atoms with van der Waals surface area (Å²) in [5.41, 5.74) is 11.4. The number of carbonyl (C=O) groups is 1. The maximum Gasteiger partial charge on any atom is 0.222 e. The van der Waals surface area contributed by atoms with E-state index >= 15 is 0 Å². The number of benzene rings is 2. The first-order chi connectivity index (χ1) is 22.2. The van der Waals surface area contributed by atoms with Crippen LogP contribution in [-0.4, -0.2) is 49.0 Å². The average molecular weight is 668 g/mol. The predicted octanol–water partition coefficient (Wildman–Crippen LogP) is 6.65. The number of hydrogen-bond donors (Lipinski definition) is 5. The summed E-state index contributed by atoms with van der Waals surface area (Å²) in [4.78, 5) is 28.0. The molecule has 6 rings (SSSR count). The summed E-state index contributed by atoms with van der Waals surface area (Å²) in [5.74, 6) is 3.69. The lowest BCUT2D eigenvalue weighted by Gasteiger charge is -2.29. The van der Waals surface area contributed by atoms with E-state index in [1.165, 1.54) is 12.4 Å². The Bertz CT molecular complexity index is 1610. The highest BCUT2D eigenvalue weighted by atomic mass is 35.5. The van der Waals surface area contributed by atoms with E-state index in [9.17, 15) is 9.90 Å². The second-order valence-electron chi connectivity index (χ2n) is 11.1. The molecule has 242 valence electrons. The van der Waals surface area contributed by atoms with E-state index in [2.05, 4.69) is 30.6 Å². The zero-order valence-electron chi connectivity index (χ0n) is 25.0. The number of ketones is 1. The van der Waals surface area contributed by atoms with Crippen LogP contribution in [-0.2, 0) is 4.79 Å². The van der Waals surface area contributed by atoms with Gasteiger partial charge in [-0.05, 0) is 74.2 Å². The average Bonchev–Trinajstić information content (AvgIpc) is 3.03. The quantitative estimate of drug-likeness (QED) is 0.135. The monoisotopic (exact) mass is 666 g/mol. The van der Waals surface area contributed by atoms with Crippen molar-refractivity contribution in [1.82, 2.24) is 19.9 Å². The summed E-state index contributed by atoms with van der Waals surface area (Å²) in [6.07, 6.45) is 9.35. The Balaban J connectivity index is 0.000000181. The van der Waals surface area contributed by atoms with Crippen LogP contribution in [0.4, 0.5) is 23.5 Å². The van der Waals surface area contributed by atoms with Crippen LogP contribution in [0.1, 0.15) is 51.4 Å². The smallest absolute Gasteiger partial charge is 0.222 e. The third kappa shape index (κ3) is 9.56. The number of ether oxygens (including phenoxy) is 2. The molecular formula is C32H36Cl2N8O4. The van der Waals surface area contributed by atoms with Gasteiger partial charge in [-0.2, -0.15) is 9.97 Å². The molecule has 0 saturated heterocycles. The molecule has 0 aliphatic heterocycles. The summed E-state index contributed by atoms with van der Waals surface area (Å²) >= 11 is 11.7. The van der Waals surface area contributed by atoms with E-state index < -0.39 is 6.10 Å². The van der Waals surface area contributed by atoms with Gasteiger partial charge in [0.25, 0.3) is 0 Å². The van der Waals surface area contributed by atoms with Crippen LogP contribution >= 0.6 is 23.2 Å². The summed E-state index contributed by atoms with van der Waals surface area (Å²) < 4.78 is 11.6. The molecule has 2 aromatic heterocycles. The van der Waals surface area contributed by atoms with Gasteiger partial charge in [-0.1, -0.05) is 36.0 Å². The Morgan fingerprint density at radius 3 is 1.78 bits per heavy atom. The van der Waals surface area contributed by atoms with Crippen LogP contribution in [0, 0.1) is 0 Å². The third-order valence-corrected chi connectivity index (χ3v) is 8.01. The molecule has 2 fully saturated rings. The molecule has 3 atom stereocenters. The molecule has 46 heavy (non-hydrogen) atoms. The van der Waals surface area contributed by atoms with Gasteiger partial charge in [-0.15, -0.1) is 0 Å². The van der Waals surface area contributed by atoms with Crippen LogP contribution < -0.4 is 31.6 Å². The Labute approximate surface area is 276 Å².